The number of nitrogens with zero attached hydrogens (tertiary/aromatic N) is 1. The molecule has 6 atom stereocenters. The number of likely N-dealkylation sites (N-methyl/N-ethyl adjacent to an activating group) is 1. The number of primary amides is 1. The number of phenols is 1. The maximum absolute atomic E-state index is 14.1. The Morgan fingerprint density at radius 2 is 1.79 bits per heavy atom. The van der Waals surface area contributed by atoms with Crippen molar-refractivity contribution >= 4 is 29.2 Å². The number of hydrogen-bond donors (Lipinski definition) is 5. The first-order valence-electron chi connectivity index (χ1n) is 13.0. The zero-order valence-electron chi connectivity index (χ0n) is 22.3. The number of carbonyl (C=O) groups excluding carboxylic acids is 4. The van der Waals surface area contributed by atoms with E-state index < -0.39 is 76.0 Å². The third kappa shape index (κ3) is 4.11. The Bertz CT molecular complexity index is 1310. The van der Waals surface area contributed by atoms with Crippen LogP contribution in [0, 0.1) is 11.8 Å². The highest BCUT2D eigenvalue weighted by atomic mass is 16.5. The summed E-state index contributed by atoms with van der Waals surface area (Å²) in [5.41, 5.74) is 1.55. The zero-order valence-corrected chi connectivity index (χ0v) is 22.3. The molecule has 6 N–H and O–H groups in total. The molecule has 1 saturated carbocycles. The number of aliphatic hydroxyl groups excluding tert-OH is 2. The molecule has 0 unspecified atom stereocenters. The third-order valence-electron chi connectivity index (χ3n) is 8.22. The van der Waals surface area contributed by atoms with E-state index >= 15 is 0 Å². The van der Waals surface area contributed by atoms with Crippen LogP contribution in [0.4, 0.5) is 0 Å². The monoisotopic (exact) mass is 542 g/mol. The molecule has 0 saturated heterocycles. The summed E-state index contributed by atoms with van der Waals surface area (Å²) in [5.74, 6) is -9.57. The van der Waals surface area contributed by atoms with Gasteiger partial charge < -0.3 is 30.9 Å². The minimum Gasteiger partial charge on any atom is -0.508 e. The number of aromatic hydroxyl groups is 1. The number of Topliss-reactive ketones (excluding diaryl/α,β-unsaturated/α-hetero) is 2. The van der Waals surface area contributed by atoms with Crippen LogP contribution in [-0.4, -0.2) is 80.6 Å². The van der Waals surface area contributed by atoms with Gasteiger partial charge in [0.05, 0.1) is 17.5 Å². The minimum atomic E-state index is -2.94. The van der Waals surface area contributed by atoms with Gasteiger partial charge in [-0.1, -0.05) is 38.8 Å². The number of unbranched alkanes of at least 4 members (excludes halogenated alkanes) is 2. The van der Waals surface area contributed by atoms with Crippen LogP contribution in [0.3, 0.4) is 0 Å². The van der Waals surface area contributed by atoms with Gasteiger partial charge >= 0.3 is 5.97 Å². The van der Waals surface area contributed by atoms with Gasteiger partial charge in [-0.3, -0.25) is 24.1 Å². The summed E-state index contributed by atoms with van der Waals surface area (Å²) in [6, 6.07) is 3.14. The molecule has 0 radical (unpaired) electrons. The van der Waals surface area contributed by atoms with Crippen molar-refractivity contribution in [2.45, 2.75) is 63.2 Å². The number of hydrogen-bond acceptors (Lipinski definition) is 10. The number of amides is 1. The molecule has 0 spiro atoms. The predicted octanol–water partition coefficient (Wildman–Crippen LogP) is 1.63. The van der Waals surface area contributed by atoms with Crippen LogP contribution in [0.5, 0.6) is 5.75 Å². The highest BCUT2D eigenvalue weighted by molar-refractivity contribution is 6.24. The number of fused-ring (bicyclic) bond motifs is 3. The van der Waals surface area contributed by atoms with Crippen molar-refractivity contribution in [2.75, 3.05) is 14.1 Å². The van der Waals surface area contributed by atoms with Crippen molar-refractivity contribution in [1.29, 1.82) is 0 Å². The maximum Gasteiger partial charge on any atom is 0.306 e. The number of esters is 1. The SMILES string of the molecule is CCCCCC(=O)O[C@H]1[C@@H]2C(=C(O)c3c(O)cccc3[C@H]2C)C(=O)[C@]2(O)C(O)=C(C(N)=O)C(=O)[C@@H](N(C)C)[C@@H]12. The maximum atomic E-state index is 14.1. The molecular formula is C28H34N2O9. The molecule has 1 fully saturated rings. The normalized spacial score (nSPS) is 30.2. The van der Waals surface area contributed by atoms with Crippen molar-refractivity contribution in [3.8, 4) is 5.75 Å². The first-order chi connectivity index (χ1) is 18.3. The van der Waals surface area contributed by atoms with Gasteiger partial charge in [0.1, 0.15) is 28.9 Å². The highest BCUT2D eigenvalue weighted by Crippen LogP contribution is 2.56. The fraction of sp³-hybridized carbons (Fsp3) is 0.500. The van der Waals surface area contributed by atoms with Crippen LogP contribution < -0.4 is 5.73 Å². The zero-order chi connectivity index (χ0) is 29.0. The van der Waals surface area contributed by atoms with E-state index in [0.717, 1.165) is 12.8 Å². The van der Waals surface area contributed by atoms with E-state index in [9.17, 15) is 39.6 Å². The number of rotatable bonds is 7. The lowest BCUT2D eigenvalue weighted by Gasteiger charge is -2.54. The molecule has 0 aromatic heterocycles. The third-order valence-corrected chi connectivity index (χ3v) is 8.22. The molecule has 0 heterocycles. The van der Waals surface area contributed by atoms with Crippen molar-refractivity contribution in [2.24, 2.45) is 17.6 Å². The first kappa shape index (κ1) is 28.3. The lowest BCUT2D eigenvalue weighted by Crippen LogP contribution is -2.71. The summed E-state index contributed by atoms with van der Waals surface area (Å²) in [7, 11) is 2.96. The molecule has 1 aromatic rings. The average molecular weight is 543 g/mol. The number of benzene rings is 1. The summed E-state index contributed by atoms with van der Waals surface area (Å²) in [5, 5.41) is 45.0. The molecule has 210 valence electrons. The largest absolute Gasteiger partial charge is 0.508 e. The number of carbonyl (C=O) groups is 4. The average Bonchev–Trinajstić information content (AvgIpc) is 2.85. The second-order valence-electron chi connectivity index (χ2n) is 10.7. The van der Waals surface area contributed by atoms with Gasteiger partial charge in [-0.15, -0.1) is 0 Å². The first-order valence-corrected chi connectivity index (χ1v) is 13.0. The molecule has 11 nitrogen and oxygen atoms in total. The van der Waals surface area contributed by atoms with Crippen LogP contribution in [-0.2, 0) is 23.9 Å². The molecule has 0 bridgehead atoms. The topological polar surface area (TPSA) is 188 Å². The molecule has 39 heavy (non-hydrogen) atoms. The number of phenolic OH excluding ortho intramolecular Hbond substituents is 1. The molecule has 3 aliphatic rings. The molecule has 11 heteroatoms. The van der Waals surface area contributed by atoms with E-state index in [0.29, 0.717) is 12.0 Å². The van der Waals surface area contributed by atoms with Gasteiger partial charge in [0.15, 0.2) is 11.4 Å². The van der Waals surface area contributed by atoms with Crippen molar-refractivity contribution < 1.29 is 44.3 Å². The lowest BCUT2D eigenvalue weighted by atomic mass is 9.54. The Labute approximate surface area is 225 Å². The van der Waals surface area contributed by atoms with Gasteiger partial charge in [-0.2, -0.15) is 0 Å². The summed E-state index contributed by atoms with van der Waals surface area (Å²) < 4.78 is 5.94. The fourth-order valence-electron chi connectivity index (χ4n) is 6.42. The number of aliphatic hydroxyl groups is 3. The number of ketones is 2. The molecule has 4 rings (SSSR count). The van der Waals surface area contributed by atoms with E-state index in [1.807, 2.05) is 6.92 Å². The molecule has 0 aliphatic heterocycles. The van der Waals surface area contributed by atoms with E-state index in [2.05, 4.69) is 0 Å². The van der Waals surface area contributed by atoms with Crippen LogP contribution in [0.2, 0.25) is 0 Å². The van der Waals surface area contributed by atoms with Gasteiger partial charge in [-0.25, -0.2) is 0 Å². The van der Waals surface area contributed by atoms with E-state index in [1.165, 1.54) is 25.1 Å². The molecule has 3 aliphatic carbocycles. The fourth-order valence-corrected chi connectivity index (χ4v) is 6.42. The predicted molar refractivity (Wildman–Crippen MR) is 138 cm³/mol. The van der Waals surface area contributed by atoms with Gasteiger partial charge in [0, 0.05) is 17.9 Å². The highest BCUT2D eigenvalue weighted by Gasteiger charge is 2.69. The Morgan fingerprint density at radius 3 is 2.38 bits per heavy atom. The van der Waals surface area contributed by atoms with Crippen LogP contribution in [0.1, 0.15) is 56.6 Å². The van der Waals surface area contributed by atoms with E-state index in [-0.39, 0.29) is 23.3 Å². The molecule has 1 aromatic carbocycles. The summed E-state index contributed by atoms with van der Waals surface area (Å²) in [6.07, 6.45) is 0.766. The van der Waals surface area contributed by atoms with Gasteiger partial charge in [-0.05, 0) is 38.1 Å². The Morgan fingerprint density at radius 1 is 1.13 bits per heavy atom. The standard InChI is InChI=1S/C28H34N2O9/c1-5-6-7-11-15(32)39-24-16-12(2)13-9-8-10-14(31)17(13)22(33)18(16)25(35)28(38)20(24)21(30(3)4)23(34)19(26(28)36)27(29)37/h8-10,12,16,20-21,24,31,33,36,38H,5-7,11H2,1-4H3,(H2,29,37)/t12-,16+,20+,21+,24+,28+/m1/s1. The Kier molecular flexibility index (Phi) is 7.35. The summed E-state index contributed by atoms with van der Waals surface area (Å²) in [6.45, 7) is 3.68. The molecular weight excluding hydrogens is 508 g/mol. The van der Waals surface area contributed by atoms with Crippen molar-refractivity contribution in [3.05, 3.63) is 46.2 Å². The van der Waals surface area contributed by atoms with Crippen LogP contribution in [0.15, 0.2) is 35.1 Å². The van der Waals surface area contributed by atoms with Crippen LogP contribution >= 0.6 is 0 Å². The van der Waals surface area contributed by atoms with Crippen LogP contribution in [0.25, 0.3) is 5.76 Å². The van der Waals surface area contributed by atoms with Gasteiger partial charge in [0.25, 0.3) is 5.91 Å². The molecule has 1 amide bonds. The second-order valence-corrected chi connectivity index (χ2v) is 10.7. The summed E-state index contributed by atoms with van der Waals surface area (Å²) in [4.78, 5) is 54.3. The minimum absolute atomic E-state index is 0.0296. The van der Waals surface area contributed by atoms with Crippen molar-refractivity contribution in [1.82, 2.24) is 4.90 Å². The number of ether oxygens (including phenoxy) is 1. The van der Waals surface area contributed by atoms with Gasteiger partial charge in [0.2, 0.25) is 5.78 Å². The van der Waals surface area contributed by atoms with Crippen molar-refractivity contribution in [3.63, 3.8) is 0 Å². The van der Waals surface area contributed by atoms with E-state index in [4.69, 9.17) is 10.5 Å². The Balaban J connectivity index is 2.03. The smallest absolute Gasteiger partial charge is 0.306 e. The lowest BCUT2D eigenvalue weighted by molar-refractivity contribution is -0.185. The number of nitrogens with two attached hydrogens (primary N) is 1. The quantitative estimate of drug-likeness (QED) is 0.192. The Hall–Kier alpha value is -3.70. The summed E-state index contributed by atoms with van der Waals surface area (Å²) >= 11 is 0. The second kappa shape index (κ2) is 10.1. The van der Waals surface area contributed by atoms with E-state index in [1.54, 1.807) is 19.1 Å².